The summed E-state index contributed by atoms with van der Waals surface area (Å²) < 4.78 is 34.4. The van der Waals surface area contributed by atoms with Crippen LogP contribution in [0.2, 0.25) is 5.02 Å². The number of rotatable bonds is 3. The molecule has 0 amide bonds. The number of nitrogen functional groups attached to an aromatic ring is 1. The Morgan fingerprint density at radius 1 is 1.05 bits per heavy atom. The molecule has 0 aliphatic carbocycles. The van der Waals surface area contributed by atoms with Gasteiger partial charge in [-0.15, -0.1) is 0 Å². The number of anilines is 1. The molecular weight excluding hydrogens is 308 g/mol. The molecule has 0 aliphatic rings. The van der Waals surface area contributed by atoms with Crippen molar-refractivity contribution >= 4 is 17.3 Å². The van der Waals surface area contributed by atoms with Crippen LogP contribution in [-0.2, 0) is 5.92 Å². The van der Waals surface area contributed by atoms with Crippen LogP contribution in [0.15, 0.2) is 42.5 Å². The van der Waals surface area contributed by atoms with Crippen molar-refractivity contribution in [3.63, 3.8) is 0 Å². The van der Waals surface area contributed by atoms with E-state index >= 15 is 0 Å². The molecule has 0 saturated heterocycles. The van der Waals surface area contributed by atoms with Crippen molar-refractivity contribution in [1.82, 2.24) is 0 Å². The van der Waals surface area contributed by atoms with E-state index in [2.05, 4.69) is 0 Å². The third kappa shape index (κ3) is 3.33. The van der Waals surface area contributed by atoms with Crippen LogP contribution in [0.25, 0.3) is 0 Å². The van der Waals surface area contributed by atoms with E-state index in [-0.39, 0.29) is 5.56 Å². The zero-order valence-electron chi connectivity index (χ0n) is 12.7. The Balaban J connectivity index is 2.33. The third-order valence-corrected chi connectivity index (χ3v) is 3.62. The molecule has 5 heteroatoms. The minimum atomic E-state index is -2.97. The summed E-state index contributed by atoms with van der Waals surface area (Å²) in [6.07, 6.45) is 0. The minimum absolute atomic E-state index is 0.0935. The first-order chi connectivity index (χ1) is 10.1. The van der Waals surface area contributed by atoms with Crippen LogP contribution < -0.4 is 10.5 Å². The van der Waals surface area contributed by atoms with Gasteiger partial charge in [0.2, 0.25) is 0 Å². The normalized spacial score (nSPS) is 12.3. The number of nitrogens with two attached hydrogens (primary N) is 1. The third-order valence-electron chi connectivity index (χ3n) is 3.32. The number of hydrogen-bond acceptors (Lipinski definition) is 2. The Kier molecular flexibility index (Phi) is 4.34. The standard InChI is InChI=1S/C17H18ClF2NO/c1-16(2,3)17(19,20)11-5-4-6-13(9-11)22-15-8-7-12(21)10-14(15)18/h4-10H,21H2,1-3H3. The zero-order valence-corrected chi connectivity index (χ0v) is 13.4. The van der Waals surface area contributed by atoms with E-state index in [0.717, 1.165) is 0 Å². The molecule has 22 heavy (non-hydrogen) atoms. The van der Waals surface area contributed by atoms with Crippen LogP contribution in [0.3, 0.4) is 0 Å². The molecule has 2 aromatic carbocycles. The molecule has 0 aromatic heterocycles. The Morgan fingerprint density at radius 3 is 2.32 bits per heavy atom. The summed E-state index contributed by atoms with van der Waals surface area (Å²) in [5.41, 5.74) is 4.83. The highest BCUT2D eigenvalue weighted by Gasteiger charge is 2.44. The number of halogens is 3. The summed E-state index contributed by atoms with van der Waals surface area (Å²) >= 11 is 6.03. The van der Waals surface area contributed by atoms with Gasteiger partial charge in [0.25, 0.3) is 5.92 Å². The van der Waals surface area contributed by atoms with Crippen molar-refractivity contribution in [2.45, 2.75) is 26.7 Å². The summed E-state index contributed by atoms with van der Waals surface area (Å²) in [7, 11) is 0. The monoisotopic (exact) mass is 325 g/mol. The molecule has 0 radical (unpaired) electrons. The van der Waals surface area contributed by atoms with E-state index in [4.69, 9.17) is 22.1 Å². The Morgan fingerprint density at radius 2 is 1.73 bits per heavy atom. The Hall–Kier alpha value is -1.81. The topological polar surface area (TPSA) is 35.2 Å². The van der Waals surface area contributed by atoms with E-state index in [1.54, 1.807) is 24.3 Å². The van der Waals surface area contributed by atoms with Crippen molar-refractivity contribution < 1.29 is 13.5 Å². The molecule has 2 nitrogen and oxygen atoms in total. The van der Waals surface area contributed by atoms with Crippen molar-refractivity contribution in [3.8, 4) is 11.5 Å². The molecule has 0 aliphatic heterocycles. The second-order valence-corrected chi connectivity index (χ2v) is 6.55. The highest BCUT2D eigenvalue weighted by Crippen LogP contribution is 2.45. The van der Waals surface area contributed by atoms with E-state index in [9.17, 15) is 8.78 Å². The van der Waals surface area contributed by atoms with Gasteiger partial charge in [-0.1, -0.05) is 44.5 Å². The summed E-state index contributed by atoms with van der Waals surface area (Å²) in [6, 6.07) is 10.6. The summed E-state index contributed by atoms with van der Waals surface area (Å²) in [6.45, 7) is 4.49. The van der Waals surface area contributed by atoms with E-state index < -0.39 is 11.3 Å². The molecule has 0 spiro atoms. The molecular formula is C17H18ClF2NO. The first kappa shape index (κ1) is 16.6. The minimum Gasteiger partial charge on any atom is -0.456 e. The predicted molar refractivity (Wildman–Crippen MR) is 85.7 cm³/mol. The molecule has 2 N–H and O–H groups in total. The van der Waals surface area contributed by atoms with Gasteiger partial charge >= 0.3 is 0 Å². The van der Waals surface area contributed by atoms with Crippen LogP contribution in [0, 0.1) is 5.41 Å². The molecule has 0 unspecified atom stereocenters. The fourth-order valence-electron chi connectivity index (χ4n) is 1.91. The van der Waals surface area contributed by atoms with E-state index in [1.165, 1.54) is 39.0 Å². The number of hydrogen-bond donors (Lipinski definition) is 1. The van der Waals surface area contributed by atoms with Gasteiger partial charge < -0.3 is 10.5 Å². The van der Waals surface area contributed by atoms with Crippen molar-refractivity contribution in [2.24, 2.45) is 5.41 Å². The average Bonchev–Trinajstić information content (AvgIpc) is 2.41. The number of alkyl halides is 2. The molecule has 0 atom stereocenters. The van der Waals surface area contributed by atoms with E-state index in [1.807, 2.05) is 0 Å². The number of ether oxygens (including phenoxy) is 1. The van der Waals surface area contributed by atoms with Crippen LogP contribution in [0.1, 0.15) is 26.3 Å². The highest BCUT2D eigenvalue weighted by atomic mass is 35.5. The van der Waals surface area contributed by atoms with Gasteiger partial charge in [-0.05, 0) is 30.3 Å². The lowest BCUT2D eigenvalue weighted by Crippen LogP contribution is -2.31. The largest absolute Gasteiger partial charge is 0.456 e. The first-order valence-corrected chi connectivity index (χ1v) is 7.20. The van der Waals surface area contributed by atoms with Gasteiger partial charge in [0.15, 0.2) is 0 Å². The molecule has 0 bridgehead atoms. The van der Waals surface area contributed by atoms with Gasteiger partial charge in [-0.25, -0.2) is 8.78 Å². The lowest BCUT2D eigenvalue weighted by molar-refractivity contribution is -0.104. The second kappa shape index (κ2) is 5.76. The van der Waals surface area contributed by atoms with Gasteiger partial charge in [-0.2, -0.15) is 0 Å². The Labute approximate surface area is 133 Å². The lowest BCUT2D eigenvalue weighted by atomic mass is 9.83. The summed E-state index contributed by atoms with van der Waals surface area (Å²) in [4.78, 5) is 0. The molecule has 2 rings (SSSR count). The SMILES string of the molecule is CC(C)(C)C(F)(F)c1cccc(Oc2ccc(N)cc2Cl)c1. The quantitative estimate of drug-likeness (QED) is 0.718. The van der Waals surface area contributed by atoms with Crippen LogP contribution in [0.4, 0.5) is 14.5 Å². The molecule has 2 aromatic rings. The molecule has 0 heterocycles. The fraction of sp³-hybridized carbons (Fsp3) is 0.294. The van der Waals surface area contributed by atoms with Crippen LogP contribution in [0.5, 0.6) is 11.5 Å². The van der Waals surface area contributed by atoms with Gasteiger partial charge in [0, 0.05) is 16.7 Å². The fourth-order valence-corrected chi connectivity index (χ4v) is 2.14. The highest BCUT2D eigenvalue weighted by molar-refractivity contribution is 6.32. The number of benzene rings is 2. The first-order valence-electron chi connectivity index (χ1n) is 6.82. The smallest absolute Gasteiger partial charge is 0.278 e. The Bertz CT molecular complexity index is 681. The van der Waals surface area contributed by atoms with Gasteiger partial charge in [0.05, 0.1) is 5.02 Å². The maximum Gasteiger partial charge on any atom is 0.278 e. The average molecular weight is 326 g/mol. The van der Waals surface area contributed by atoms with Crippen molar-refractivity contribution in [2.75, 3.05) is 5.73 Å². The van der Waals surface area contributed by atoms with Gasteiger partial charge in [0.1, 0.15) is 11.5 Å². The zero-order chi connectivity index (χ0) is 16.5. The van der Waals surface area contributed by atoms with Gasteiger partial charge in [-0.3, -0.25) is 0 Å². The maximum atomic E-state index is 14.4. The summed E-state index contributed by atoms with van der Waals surface area (Å²) in [5, 5.41) is 0.327. The maximum absolute atomic E-state index is 14.4. The molecule has 118 valence electrons. The van der Waals surface area contributed by atoms with Crippen LogP contribution >= 0.6 is 11.6 Å². The second-order valence-electron chi connectivity index (χ2n) is 6.14. The predicted octanol–water partition coefficient (Wildman–Crippen LogP) is 5.85. The van der Waals surface area contributed by atoms with E-state index in [0.29, 0.717) is 22.2 Å². The molecule has 0 fully saturated rings. The van der Waals surface area contributed by atoms with Crippen molar-refractivity contribution in [3.05, 3.63) is 53.1 Å². The van der Waals surface area contributed by atoms with Crippen molar-refractivity contribution in [1.29, 1.82) is 0 Å². The molecule has 0 saturated carbocycles. The van der Waals surface area contributed by atoms with Crippen LogP contribution in [-0.4, -0.2) is 0 Å². The summed E-state index contributed by atoms with van der Waals surface area (Å²) in [5.74, 6) is -2.31. The lowest BCUT2D eigenvalue weighted by Gasteiger charge is -2.30.